The molecule has 7 nitrogen and oxygen atoms in total. The summed E-state index contributed by atoms with van der Waals surface area (Å²) in [6.07, 6.45) is 1.93. The standard InChI is InChI=1S/C17H20N2O5/c1-10(2)8-11(17(22)23)9-18-15(20)12-5-6-13(19-16(12)21)14-4-3-7-24-14/h3-7,10-11H,8-9H2,1-2H3,(H,18,20)(H,19,21)(H,22,23). The van der Waals surface area contributed by atoms with Crippen molar-refractivity contribution in [2.24, 2.45) is 11.8 Å². The molecule has 3 N–H and O–H groups in total. The van der Waals surface area contributed by atoms with Crippen LogP contribution >= 0.6 is 0 Å². The molecule has 0 saturated carbocycles. The molecule has 0 aromatic carbocycles. The number of pyridine rings is 1. The van der Waals surface area contributed by atoms with Crippen molar-refractivity contribution in [1.82, 2.24) is 10.3 Å². The van der Waals surface area contributed by atoms with Gasteiger partial charge in [0.15, 0.2) is 0 Å². The molecule has 0 saturated heterocycles. The van der Waals surface area contributed by atoms with Crippen molar-refractivity contribution >= 4 is 11.9 Å². The van der Waals surface area contributed by atoms with Crippen LogP contribution in [0.3, 0.4) is 0 Å². The number of aromatic nitrogens is 1. The van der Waals surface area contributed by atoms with Crippen LogP contribution in [0.5, 0.6) is 0 Å². The third-order valence-corrected chi connectivity index (χ3v) is 3.55. The molecule has 1 atom stereocenters. The van der Waals surface area contributed by atoms with Crippen LogP contribution in [0.4, 0.5) is 0 Å². The van der Waals surface area contributed by atoms with E-state index in [-0.39, 0.29) is 18.0 Å². The maximum Gasteiger partial charge on any atom is 0.308 e. The van der Waals surface area contributed by atoms with Crippen molar-refractivity contribution in [2.45, 2.75) is 20.3 Å². The molecule has 2 rings (SSSR count). The fraction of sp³-hybridized carbons (Fsp3) is 0.353. The molecule has 0 aliphatic rings. The Hall–Kier alpha value is -2.83. The summed E-state index contributed by atoms with van der Waals surface area (Å²) in [5.74, 6) is -1.57. The summed E-state index contributed by atoms with van der Waals surface area (Å²) in [4.78, 5) is 38.0. The second-order valence-corrected chi connectivity index (χ2v) is 5.97. The van der Waals surface area contributed by atoms with E-state index in [1.807, 2.05) is 13.8 Å². The zero-order chi connectivity index (χ0) is 17.7. The number of H-pyrrole nitrogens is 1. The van der Waals surface area contributed by atoms with Gasteiger partial charge in [0.2, 0.25) is 0 Å². The van der Waals surface area contributed by atoms with Crippen molar-refractivity contribution in [3.63, 3.8) is 0 Å². The highest BCUT2D eigenvalue weighted by atomic mass is 16.4. The molecule has 128 valence electrons. The van der Waals surface area contributed by atoms with Crippen LogP contribution in [0.2, 0.25) is 0 Å². The fourth-order valence-corrected chi connectivity index (χ4v) is 2.38. The summed E-state index contributed by atoms with van der Waals surface area (Å²) in [6.45, 7) is 3.80. The molecule has 2 heterocycles. The van der Waals surface area contributed by atoms with Gasteiger partial charge in [0.1, 0.15) is 11.3 Å². The Kier molecular flexibility index (Phi) is 5.57. The second-order valence-electron chi connectivity index (χ2n) is 5.97. The van der Waals surface area contributed by atoms with Crippen LogP contribution in [-0.4, -0.2) is 28.5 Å². The first kappa shape index (κ1) is 17.5. The van der Waals surface area contributed by atoms with E-state index in [2.05, 4.69) is 10.3 Å². The van der Waals surface area contributed by atoms with Gasteiger partial charge in [0, 0.05) is 6.54 Å². The number of aliphatic carboxylic acids is 1. The Balaban J connectivity index is 2.07. The van der Waals surface area contributed by atoms with Gasteiger partial charge in [-0.3, -0.25) is 14.4 Å². The van der Waals surface area contributed by atoms with Gasteiger partial charge in [-0.1, -0.05) is 13.8 Å². The molecule has 0 radical (unpaired) electrons. The minimum Gasteiger partial charge on any atom is -0.481 e. The number of carboxylic acids is 1. The Bertz CT molecular complexity index is 762. The highest BCUT2D eigenvalue weighted by Crippen LogP contribution is 2.16. The predicted molar refractivity (Wildman–Crippen MR) is 87.7 cm³/mol. The molecule has 0 aliphatic carbocycles. The number of amides is 1. The van der Waals surface area contributed by atoms with Gasteiger partial charge in [-0.15, -0.1) is 0 Å². The topological polar surface area (TPSA) is 112 Å². The molecule has 24 heavy (non-hydrogen) atoms. The lowest BCUT2D eigenvalue weighted by Crippen LogP contribution is -2.36. The Labute approximate surface area is 138 Å². The van der Waals surface area contributed by atoms with Gasteiger partial charge < -0.3 is 19.8 Å². The zero-order valence-electron chi connectivity index (χ0n) is 13.5. The maximum atomic E-state index is 12.1. The molecule has 7 heteroatoms. The number of hydrogen-bond acceptors (Lipinski definition) is 4. The van der Waals surface area contributed by atoms with E-state index in [4.69, 9.17) is 4.42 Å². The van der Waals surface area contributed by atoms with E-state index < -0.39 is 23.4 Å². The van der Waals surface area contributed by atoms with Crippen molar-refractivity contribution in [3.8, 4) is 11.5 Å². The smallest absolute Gasteiger partial charge is 0.308 e. The first-order valence-corrected chi connectivity index (χ1v) is 7.66. The second kappa shape index (κ2) is 7.63. The molecule has 1 amide bonds. The summed E-state index contributed by atoms with van der Waals surface area (Å²) in [5.41, 5.74) is -0.166. The lowest BCUT2D eigenvalue weighted by atomic mass is 9.97. The molecular formula is C17H20N2O5. The van der Waals surface area contributed by atoms with Crippen molar-refractivity contribution < 1.29 is 19.1 Å². The molecule has 2 aromatic rings. The van der Waals surface area contributed by atoms with Crippen LogP contribution in [0.15, 0.2) is 39.7 Å². The number of carbonyl (C=O) groups is 2. The molecule has 0 spiro atoms. The molecular weight excluding hydrogens is 312 g/mol. The van der Waals surface area contributed by atoms with E-state index in [9.17, 15) is 19.5 Å². The summed E-state index contributed by atoms with van der Waals surface area (Å²) in [6, 6.07) is 6.34. The van der Waals surface area contributed by atoms with Crippen molar-refractivity contribution in [2.75, 3.05) is 6.54 Å². The number of carbonyl (C=O) groups excluding carboxylic acids is 1. The van der Waals surface area contributed by atoms with Gasteiger partial charge in [-0.05, 0) is 36.6 Å². The monoisotopic (exact) mass is 332 g/mol. The van der Waals surface area contributed by atoms with Gasteiger partial charge in [-0.2, -0.15) is 0 Å². The first-order valence-electron chi connectivity index (χ1n) is 7.66. The number of carboxylic acid groups (broad SMARTS) is 1. The summed E-state index contributed by atoms with van der Waals surface area (Å²) in [7, 11) is 0. The lowest BCUT2D eigenvalue weighted by molar-refractivity contribution is -0.142. The van der Waals surface area contributed by atoms with Crippen LogP contribution in [-0.2, 0) is 4.79 Å². The quantitative estimate of drug-likeness (QED) is 0.719. The molecule has 1 unspecified atom stereocenters. The van der Waals surface area contributed by atoms with E-state index in [1.165, 1.54) is 12.3 Å². The SMILES string of the molecule is CC(C)CC(CNC(=O)c1ccc(-c2ccco2)[nH]c1=O)C(=O)O. The minimum absolute atomic E-state index is 0.0221. The number of furan rings is 1. The van der Waals surface area contributed by atoms with Crippen LogP contribution in [0.1, 0.15) is 30.6 Å². The summed E-state index contributed by atoms with van der Waals surface area (Å²) >= 11 is 0. The van der Waals surface area contributed by atoms with Gasteiger partial charge >= 0.3 is 5.97 Å². The van der Waals surface area contributed by atoms with Crippen LogP contribution in [0.25, 0.3) is 11.5 Å². The number of nitrogens with one attached hydrogen (secondary N) is 2. The highest BCUT2D eigenvalue weighted by molar-refractivity contribution is 5.94. The summed E-state index contributed by atoms with van der Waals surface area (Å²) < 4.78 is 5.18. The highest BCUT2D eigenvalue weighted by Gasteiger charge is 2.21. The largest absolute Gasteiger partial charge is 0.481 e. The maximum absolute atomic E-state index is 12.1. The Morgan fingerprint density at radius 2 is 2.04 bits per heavy atom. The molecule has 0 aliphatic heterocycles. The Morgan fingerprint density at radius 3 is 2.58 bits per heavy atom. The number of rotatable bonds is 7. The molecule has 0 bridgehead atoms. The van der Waals surface area contributed by atoms with Crippen molar-refractivity contribution in [3.05, 3.63) is 46.4 Å². The first-order chi connectivity index (χ1) is 11.4. The lowest BCUT2D eigenvalue weighted by Gasteiger charge is -2.15. The Morgan fingerprint density at radius 1 is 1.29 bits per heavy atom. The zero-order valence-corrected chi connectivity index (χ0v) is 13.5. The third-order valence-electron chi connectivity index (χ3n) is 3.55. The van der Waals surface area contributed by atoms with Crippen molar-refractivity contribution in [1.29, 1.82) is 0 Å². The van der Waals surface area contributed by atoms with E-state index >= 15 is 0 Å². The molecule has 2 aromatic heterocycles. The third kappa shape index (κ3) is 4.34. The summed E-state index contributed by atoms with van der Waals surface area (Å²) in [5, 5.41) is 11.7. The van der Waals surface area contributed by atoms with Crippen LogP contribution < -0.4 is 10.9 Å². The van der Waals surface area contributed by atoms with E-state index in [0.717, 1.165) is 0 Å². The van der Waals surface area contributed by atoms with Crippen LogP contribution in [0, 0.1) is 11.8 Å². The average Bonchev–Trinajstić information content (AvgIpc) is 3.04. The fourth-order valence-electron chi connectivity index (χ4n) is 2.38. The number of aromatic amines is 1. The normalized spacial score (nSPS) is 12.1. The van der Waals surface area contributed by atoms with Gasteiger partial charge in [0.05, 0.1) is 17.9 Å². The minimum atomic E-state index is -0.967. The predicted octanol–water partition coefficient (Wildman–Crippen LogP) is 2.11. The number of hydrogen-bond donors (Lipinski definition) is 3. The molecule has 0 fully saturated rings. The van der Waals surface area contributed by atoms with E-state index in [1.54, 1.807) is 18.2 Å². The van der Waals surface area contributed by atoms with Gasteiger partial charge in [-0.25, -0.2) is 0 Å². The van der Waals surface area contributed by atoms with E-state index in [0.29, 0.717) is 17.9 Å². The van der Waals surface area contributed by atoms with Gasteiger partial charge in [0.25, 0.3) is 11.5 Å². The average molecular weight is 332 g/mol.